The highest BCUT2D eigenvalue weighted by atomic mass is 14.8. The van der Waals surface area contributed by atoms with Gasteiger partial charge < -0.3 is 0 Å². The van der Waals surface area contributed by atoms with Crippen LogP contribution in [0.25, 0.3) is 0 Å². The Bertz CT molecular complexity index is 312. The second-order valence-electron chi connectivity index (χ2n) is 2.75. The number of aromatic nitrogens is 3. The molecule has 0 radical (unpaired) electrons. The standard InChI is InChI=1S/C6H8N2.C5H5N/c1-5-6(2)8-4-3-7-5;1-2-4-6-5-3-1/h3-4H,1-2H3;1-5H. The minimum absolute atomic E-state index is 1.01. The van der Waals surface area contributed by atoms with Gasteiger partial charge in [0.1, 0.15) is 0 Å². The number of hydrogen-bond donors (Lipinski definition) is 0. The number of rotatable bonds is 0. The highest BCUT2D eigenvalue weighted by Crippen LogP contribution is 1.93. The zero-order chi connectivity index (χ0) is 10.2. The lowest BCUT2D eigenvalue weighted by Gasteiger charge is -1.91. The molecule has 3 nitrogen and oxygen atoms in total. The molecule has 0 saturated heterocycles. The lowest BCUT2D eigenvalue weighted by Crippen LogP contribution is -1.87. The summed E-state index contributed by atoms with van der Waals surface area (Å²) in [5, 5.41) is 0. The van der Waals surface area contributed by atoms with Gasteiger partial charge in [-0.15, -0.1) is 0 Å². The molecule has 0 unspecified atom stereocenters. The Morgan fingerprint density at radius 2 is 1.21 bits per heavy atom. The minimum Gasteiger partial charge on any atom is -0.265 e. The van der Waals surface area contributed by atoms with Gasteiger partial charge in [-0.25, -0.2) is 0 Å². The minimum atomic E-state index is 1.01. The van der Waals surface area contributed by atoms with Gasteiger partial charge in [-0.3, -0.25) is 15.0 Å². The molecule has 2 aromatic rings. The van der Waals surface area contributed by atoms with E-state index in [-0.39, 0.29) is 0 Å². The largest absolute Gasteiger partial charge is 0.265 e. The molecule has 0 aliphatic rings. The van der Waals surface area contributed by atoms with Crippen LogP contribution >= 0.6 is 0 Å². The molecule has 72 valence electrons. The summed E-state index contributed by atoms with van der Waals surface area (Å²) in [6.45, 7) is 3.89. The van der Waals surface area contributed by atoms with Crippen molar-refractivity contribution < 1.29 is 0 Å². The first-order chi connectivity index (χ1) is 6.80. The van der Waals surface area contributed by atoms with E-state index in [1.54, 1.807) is 24.8 Å². The monoisotopic (exact) mass is 187 g/mol. The molecule has 0 amide bonds. The van der Waals surface area contributed by atoms with Gasteiger partial charge in [0.25, 0.3) is 0 Å². The van der Waals surface area contributed by atoms with Crippen LogP contribution in [0.1, 0.15) is 11.4 Å². The van der Waals surface area contributed by atoms with Crippen molar-refractivity contribution >= 4 is 0 Å². The summed E-state index contributed by atoms with van der Waals surface area (Å²) in [5.74, 6) is 0. The second kappa shape index (κ2) is 5.80. The highest BCUT2D eigenvalue weighted by molar-refractivity contribution is 5.04. The maximum atomic E-state index is 4.02. The molecule has 14 heavy (non-hydrogen) atoms. The van der Waals surface area contributed by atoms with Crippen molar-refractivity contribution in [2.45, 2.75) is 13.8 Å². The number of pyridine rings is 1. The molecule has 0 aliphatic heterocycles. The summed E-state index contributed by atoms with van der Waals surface area (Å²) in [6.07, 6.45) is 6.89. The van der Waals surface area contributed by atoms with Crippen LogP contribution < -0.4 is 0 Å². The number of nitrogens with zero attached hydrogens (tertiary/aromatic N) is 3. The van der Waals surface area contributed by atoms with E-state index < -0.39 is 0 Å². The smallest absolute Gasteiger partial charge is 0.0584 e. The van der Waals surface area contributed by atoms with Crippen LogP contribution in [0.15, 0.2) is 43.0 Å². The zero-order valence-electron chi connectivity index (χ0n) is 8.38. The topological polar surface area (TPSA) is 38.7 Å². The normalized spacial score (nSPS) is 8.71. The summed E-state index contributed by atoms with van der Waals surface area (Å²) in [6, 6.07) is 5.72. The molecule has 0 saturated carbocycles. The van der Waals surface area contributed by atoms with E-state index in [4.69, 9.17) is 0 Å². The summed E-state index contributed by atoms with van der Waals surface area (Å²) >= 11 is 0. The third kappa shape index (κ3) is 3.76. The predicted molar refractivity (Wildman–Crippen MR) is 55.7 cm³/mol. The van der Waals surface area contributed by atoms with Gasteiger partial charge in [0.2, 0.25) is 0 Å². The fourth-order valence-corrected chi connectivity index (χ4v) is 0.790. The summed E-state index contributed by atoms with van der Waals surface area (Å²) in [7, 11) is 0. The van der Waals surface area contributed by atoms with Crippen LogP contribution in [0.2, 0.25) is 0 Å². The molecule has 0 fully saturated rings. The van der Waals surface area contributed by atoms with E-state index in [1.165, 1.54) is 0 Å². The number of hydrogen-bond acceptors (Lipinski definition) is 3. The third-order valence-electron chi connectivity index (χ3n) is 1.69. The maximum absolute atomic E-state index is 4.02. The van der Waals surface area contributed by atoms with Crippen molar-refractivity contribution in [2.24, 2.45) is 0 Å². The first-order valence-electron chi connectivity index (χ1n) is 4.40. The molecule has 0 N–H and O–H groups in total. The average molecular weight is 187 g/mol. The van der Waals surface area contributed by atoms with Crippen molar-refractivity contribution in [1.29, 1.82) is 0 Å². The van der Waals surface area contributed by atoms with Gasteiger partial charge in [0.15, 0.2) is 0 Å². The third-order valence-corrected chi connectivity index (χ3v) is 1.69. The molecule has 0 spiro atoms. The molecule has 2 rings (SSSR count). The Labute approximate surface area is 83.9 Å². The molecular weight excluding hydrogens is 174 g/mol. The SMILES string of the molecule is Cc1nccnc1C.c1ccncc1. The Balaban J connectivity index is 0.000000146. The fraction of sp³-hybridized carbons (Fsp3) is 0.182. The van der Waals surface area contributed by atoms with Crippen LogP contribution in [-0.4, -0.2) is 15.0 Å². The molecule has 0 atom stereocenters. The van der Waals surface area contributed by atoms with Crippen molar-refractivity contribution in [2.75, 3.05) is 0 Å². The van der Waals surface area contributed by atoms with Crippen LogP contribution in [0.3, 0.4) is 0 Å². The van der Waals surface area contributed by atoms with Gasteiger partial charge >= 0.3 is 0 Å². The van der Waals surface area contributed by atoms with E-state index in [1.807, 2.05) is 32.0 Å². The first-order valence-corrected chi connectivity index (χ1v) is 4.40. The van der Waals surface area contributed by atoms with E-state index in [9.17, 15) is 0 Å². The van der Waals surface area contributed by atoms with E-state index >= 15 is 0 Å². The maximum Gasteiger partial charge on any atom is 0.0584 e. The highest BCUT2D eigenvalue weighted by Gasteiger charge is 1.87. The zero-order valence-corrected chi connectivity index (χ0v) is 8.38. The Morgan fingerprint density at radius 1 is 0.714 bits per heavy atom. The van der Waals surface area contributed by atoms with Crippen molar-refractivity contribution in [1.82, 2.24) is 15.0 Å². The molecule has 0 aliphatic carbocycles. The van der Waals surface area contributed by atoms with E-state index in [0.717, 1.165) is 11.4 Å². The summed E-state index contributed by atoms with van der Waals surface area (Å²) in [4.78, 5) is 11.8. The number of aryl methyl sites for hydroxylation is 2. The Morgan fingerprint density at radius 3 is 1.43 bits per heavy atom. The van der Waals surface area contributed by atoms with Gasteiger partial charge in [-0.05, 0) is 26.0 Å². The Hall–Kier alpha value is -1.77. The van der Waals surface area contributed by atoms with Gasteiger partial charge in [0, 0.05) is 24.8 Å². The molecule has 0 aromatic carbocycles. The quantitative estimate of drug-likeness (QED) is 0.634. The molecule has 0 bridgehead atoms. The molecule has 3 heteroatoms. The predicted octanol–water partition coefficient (Wildman–Crippen LogP) is 2.18. The lowest BCUT2D eigenvalue weighted by molar-refractivity contribution is 1.05. The van der Waals surface area contributed by atoms with E-state index in [0.29, 0.717) is 0 Å². The average Bonchev–Trinajstić information content (AvgIpc) is 2.26. The van der Waals surface area contributed by atoms with Crippen molar-refractivity contribution in [3.05, 3.63) is 54.4 Å². The molecular formula is C11H13N3. The van der Waals surface area contributed by atoms with Crippen LogP contribution in [-0.2, 0) is 0 Å². The summed E-state index contributed by atoms with van der Waals surface area (Å²) < 4.78 is 0. The summed E-state index contributed by atoms with van der Waals surface area (Å²) in [5.41, 5.74) is 2.01. The fourth-order valence-electron chi connectivity index (χ4n) is 0.790. The molecule has 2 heterocycles. The van der Waals surface area contributed by atoms with Crippen LogP contribution in [0.5, 0.6) is 0 Å². The first kappa shape index (κ1) is 10.3. The van der Waals surface area contributed by atoms with Gasteiger partial charge in [0.05, 0.1) is 11.4 Å². The van der Waals surface area contributed by atoms with Gasteiger partial charge in [-0.2, -0.15) is 0 Å². The van der Waals surface area contributed by atoms with Crippen molar-refractivity contribution in [3.63, 3.8) is 0 Å². The lowest BCUT2D eigenvalue weighted by atomic mass is 10.4. The molecule has 2 aromatic heterocycles. The Kier molecular flexibility index (Phi) is 4.27. The van der Waals surface area contributed by atoms with Gasteiger partial charge in [-0.1, -0.05) is 6.07 Å². The van der Waals surface area contributed by atoms with Crippen LogP contribution in [0.4, 0.5) is 0 Å². The van der Waals surface area contributed by atoms with E-state index in [2.05, 4.69) is 15.0 Å². The second-order valence-corrected chi connectivity index (χ2v) is 2.75. The van der Waals surface area contributed by atoms with Crippen molar-refractivity contribution in [3.8, 4) is 0 Å². The van der Waals surface area contributed by atoms with Crippen LogP contribution in [0, 0.1) is 13.8 Å².